The van der Waals surface area contributed by atoms with E-state index >= 15 is 0 Å². The molecule has 0 spiro atoms. The van der Waals surface area contributed by atoms with Gasteiger partial charge in [-0.15, -0.1) is 18.2 Å². The minimum Gasteiger partial charge on any atom is -0.480 e. The van der Waals surface area contributed by atoms with Crippen LogP contribution in [0.5, 0.6) is 0 Å². The van der Waals surface area contributed by atoms with Crippen LogP contribution in [-0.2, 0) is 4.79 Å². The van der Waals surface area contributed by atoms with Crippen LogP contribution in [0.4, 0.5) is 4.79 Å². The van der Waals surface area contributed by atoms with Gasteiger partial charge in [-0.2, -0.15) is 0 Å². The van der Waals surface area contributed by atoms with Crippen LogP contribution < -0.4 is 5.32 Å². The number of thioether (sulfide) groups is 1. The minimum atomic E-state index is -0.994. The quantitative estimate of drug-likeness (QED) is 0.525. The van der Waals surface area contributed by atoms with Crippen molar-refractivity contribution in [1.82, 2.24) is 10.2 Å². The van der Waals surface area contributed by atoms with Gasteiger partial charge in [-0.1, -0.05) is 12.8 Å². The highest BCUT2D eigenvalue weighted by molar-refractivity contribution is 7.99. The molecule has 0 heterocycles. The molecule has 0 bridgehead atoms. The van der Waals surface area contributed by atoms with Gasteiger partial charge in [0.1, 0.15) is 6.04 Å². The van der Waals surface area contributed by atoms with E-state index in [1.54, 1.807) is 18.7 Å². The number of urea groups is 1. The zero-order valence-electron chi connectivity index (χ0n) is 10.1. The Hall–Kier alpha value is -1.35. The first kappa shape index (κ1) is 15.7. The van der Waals surface area contributed by atoms with E-state index in [0.29, 0.717) is 24.5 Å². The number of carbonyl (C=O) groups excluding carboxylic acids is 1. The standard InChI is InChI=1S/C11H18N2O3S/c1-4-7-17-8-6-12-11(16)13(3)9(5-2)10(14)15/h1,9H,5-8H2,2-3H3,(H,12,16)(H,14,15). The molecule has 0 aliphatic rings. The van der Waals surface area contributed by atoms with E-state index in [1.165, 1.54) is 11.9 Å². The summed E-state index contributed by atoms with van der Waals surface area (Å²) in [7, 11) is 1.48. The number of aliphatic carboxylic acids is 1. The van der Waals surface area contributed by atoms with E-state index in [-0.39, 0.29) is 6.03 Å². The predicted octanol–water partition coefficient (Wildman–Crippen LogP) is 0.857. The molecule has 0 fully saturated rings. The molecule has 96 valence electrons. The molecule has 0 aliphatic carbocycles. The maximum absolute atomic E-state index is 11.6. The zero-order valence-corrected chi connectivity index (χ0v) is 10.9. The molecule has 2 amide bonds. The predicted molar refractivity (Wildman–Crippen MR) is 69.0 cm³/mol. The smallest absolute Gasteiger partial charge is 0.326 e. The number of hydrogen-bond acceptors (Lipinski definition) is 3. The Morgan fingerprint density at radius 2 is 2.24 bits per heavy atom. The van der Waals surface area contributed by atoms with Gasteiger partial charge in [0.2, 0.25) is 0 Å². The summed E-state index contributed by atoms with van der Waals surface area (Å²) >= 11 is 1.54. The van der Waals surface area contributed by atoms with Gasteiger partial charge >= 0.3 is 12.0 Å². The molecule has 1 atom stereocenters. The van der Waals surface area contributed by atoms with E-state index in [9.17, 15) is 9.59 Å². The molecule has 0 aromatic rings. The third-order valence-electron chi connectivity index (χ3n) is 2.17. The topological polar surface area (TPSA) is 69.6 Å². The molecular weight excluding hydrogens is 240 g/mol. The fraction of sp³-hybridized carbons (Fsp3) is 0.636. The second-order valence-corrected chi connectivity index (χ2v) is 4.47. The molecule has 0 rings (SSSR count). The molecule has 2 N–H and O–H groups in total. The molecule has 6 heteroatoms. The Morgan fingerprint density at radius 1 is 1.59 bits per heavy atom. The van der Waals surface area contributed by atoms with Crippen LogP contribution in [0.1, 0.15) is 13.3 Å². The summed E-state index contributed by atoms with van der Waals surface area (Å²) in [6.45, 7) is 2.21. The summed E-state index contributed by atoms with van der Waals surface area (Å²) < 4.78 is 0. The normalized spacial score (nSPS) is 11.4. The lowest BCUT2D eigenvalue weighted by Gasteiger charge is -2.23. The lowest BCUT2D eigenvalue weighted by atomic mass is 10.2. The van der Waals surface area contributed by atoms with E-state index in [1.807, 2.05) is 0 Å². The lowest BCUT2D eigenvalue weighted by molar-refractivity contribution is -0.141. The monoisotopic (exact) mass is 258 g/mol. The van der Waals surface area contributed by atoms with Gasteiger partial charge in [0.25, 0.3) is 0 Å². The van der Waals surface area contributed by atoms with Crippen molar-refractivity contribution in [3.05, 3.63) is 0 Å². The van der Waals surface area contributed by atoms with E-state index < -0.39 is 12.0 Å². The number of likely N-dealkylation sites (N-methyl/N-ethyl adjacent to an activating group) is 1. The van der Waals surface area contributed by atoms with Crippen LogP contribution in [0, 0.1) is 12.3 Å². The van der Waals surface area contributed by atoms with Gasteiger partial charge in [0, 0.05) is 19.3 Å². The summed E-state index contributed by atoms with van der Waals surface area (Å²) in [4.78, 5) is 23.6. The van der Waals surface area contributed by atoms with Crippen LogP contribution in [0.3, 0.4) is 0 Å². The first-order chi connectivity index (χ1) is 8.04. The fourth-order valence-electron chi connectivity index (χ4n) is 1.24. The van der Waals surface area contributed by atoms with Crippen LogP contribution in [0.25, 0.3) is 0 Å². The summed E-state index contributed by atoms with van der Waals surface area (Å²) in [6, 6.07) is -1.16. The van der Waals surface area contributed by atoms with Crippen molar-refractivity contribution in [2.24, 2.45) is 0 Å². The SMILES string of the molecule is C#CCSCCNC(=O)N(C)C(CC)C(=O)O. The van der Waals surface area contributed by atoms with Crippen LogP contribution in [0.2, 0.25) is 0 Å². The number of carboxylic acid groups (broad SMARTS) is 1. The van der Waals surface area contributed by atoms with Crippen molar-refractivity contribution in [3.63, 3.8) is 0 Å². The van der Waals surface area contributed by atoms with E-state index in [0.717, 1.165) is 0 Å². The Kier molecular flexibility index (Phi) is 8.07. The number of rotatable bonds is 7. The zero-order chi connectivity index (χ0) is 13.3. The third-order valence-corrected chi connectivity index (χ3v) is 3.03. The van der Waals surface area contributed by atoms with Gasteiger partial charge in [-0.05, 0) is 6.42 Å². The second-order valence-electron chi connectivity index (χ2n) is 3.36. The largest absolute Gasteiger partial charge is 0.480 e. The van der Waals surface area contributed by atoms with E-state index in [4.69, 9.17) is 11.5 Å². The van der Waals surface area contributed by atoms with Crippen LogP contribution in [0.15, 0.2) is 0 Å². The van der Waals surface area contributed by atoms with Gasteiger partial charge in [-0.3, -0.25) is 0 Å². The van der Waals surface area contributed by atoms with Gasteiger partial charge < -0.3 is 15.3 Å². The van der Waals surface area contributed by atoms with Gasteiger partial charge in [0.15, 0.2) is 0 Å². The molecule has 0 saturated heterocycles. The Morgan fingerprint density at radius 3 is 2.71 bits per heavy atom. The summed E-state index contributed by atoms with van der Waals surface area (Å²) in [5.41, 5.74) is 0. The molecule has 0 aromatic carbocycles. The highest BCUT2D eigenvalue weighted by Crippen LogP contribution is 2.02. The Bertz CT molecular complexity index is 302. The van der Waals surface area contributed by atoms with Crippen molar-refractivity contribution in [1.29, 1.82) is 0 Å². The first-order valence-corrected chi connectivity index (χ1v) is 6.44. The maximum atomic E-state index is 11.6. The number of nitrogens with zero attached hydrogens (tertiary/aromatic N) is 1. The van der Waals surface area contributed by atoms with Gasteiger partial charge in [-0.25, -0.2) is 9.59 Å². The third kappa shape index (κ3) is 6.07. The molecule has 5 nitrogen and oxygen atoms in total. The molecule has 0 saturated carbocycles. The average molecular weight is 258 g/mol. The highest BCUT2D eigenvalue weighted by Gasteiger charge is 2.24. The van der Waals surface area contributed by atoms with Crippen molar-refractivity contribution in [3.8, 4) is 12.3 Å². The maximum Gasteiger partial charge on any atom is 0.326 e. The molecule has 0 aliphatic heterocycles. The van der Waals surface area contributed by atoms with Crippen molar-refractivity contribution in [2.45, 2.75) is 19.4 Å². The van der Waals surface area contributed by atoms with Crippen LogP contribution in [-0.4, -0.2) is 53.1 Å². The molecular formula is C11H18N2O3S. The van der Waals surface area contributed by atoms with Crippen molar-refractivity contribution >= 4 is 23.8 Å². The molecule has 1 unspecified atom stereocenters. The summed E-state index contributed by atoms with van der Waals surface area (Å²) in [5.74, 6) is 2.81. The highest BCUT2D eigenvalue weighted by atomic mass is 32.2. The van der Waals surface area contributed by atoms with Crippen LogP contribution >= 0.6 is 11.8 Å². The number of hydrogen-bond donors (Lipinski definition) is 2. The minimum absolute atomic E-state index is 0.374. The fourth-order valence-corrected chi connectivity index (χ4v) is 1.75. The number of carbonyl (C=O) groups is 2. The average Bonchev–Trinajstić information content (AvgIpc) is 2.28. The molecule has 17 heavy (non-hydrogen) atoms. The number of nitrogens with one attached hydrogen (secondary N) is 1. The summed E-state index contributed by atoms with van der Waals surface area (Å²) in [5, 5.41) is 11.5. The lowest BCUT2D eigenvalue weighted by Crippen LogP contribution is -2.47. The molecule has 0 aromatic heterocycles. The Labute approximate surface area is 106 Å². The Balaban J connectivity index is 3.97. The number of terminal acetylenes is 1. The second kappa shape index (κ2) is 8.76. The number of amides is 2. The van der Waals surface area contributed by atoms with E-state index in [2.05, 4.69) is 11.2 Å². The van der Waals surface area contributed by atoms with Gasteiger partial charge in [0.05, 0.1) is 5.75 Å². The molecule has 0 radical (unpaired) electrons. The van der Waals surface area contributed by atoms with Crippen molar-refractivity contribution in [2.75, 3.05) is 25.1 Å². The number of carboxylic acids is 1. The summed E-state index contributed by atoms with van der Waals surface area (Å²) in [6.07, 6.45) is 5.46. The van der Waals surface area contributed by atoms with Crippen molar-refractivity contribution < 1.29 is 14.7 Å². The first-order valence-electron chi connectivity index (χ1n) is 5.29.